The van der Waals surface area contributed by atoms with Gasteiger partial charge in [0, 0.05) is 45.1 Å². The minimum absolute atomic E-state index is 0.0276. The molecule has 1 fully saturated rings. The van der Waals surface area contributed by atoms with Gasteiger partial charge < -0.3 is 34.0 Å². The van der Waals surface area contributed by atoms with Gasteiger partial charge in [0.25, 0.3) is 5.91 Å². The van der Waals surface area contributed by atoms with Crippen molar-refractivity contribution in [1.82, 2.24) is 4.90 Å². The van der Waals surface area contributed by atoms with E-state index >= 15 is 0 Å². The maximum Gasteiger partial charge on any atom is 0.410 e. The molecule has 2 atom stereocenters. The molecule has 40 heavy (non-hydrogen) atoms. The van der Waals surface area contributed by atoms with E-state index in [-0.39, 0.29) is 37.4 Å². The zero-order valence-corrected chi connectivity index (χ0v) is 24.9. The second-order valence-corrected chi connectivity index (χ2v) is 12.2. The summed E-state index contributed by atoms with van der Waals surface area (Å²) >= 11 is 0. The molecule has 1 N–H and O–H groups in total. The number of benzene rings is 1. The van der Waals surface area contributed by atoms with Crippen molar-refractivity contribution >= 4 is 35.3 Å². The summed E-state index contributed by atoms with van der Waals surface area (Å²) in [6.45, 7) is 13.3. The van der Waals surface area contributed by atoms with Crippen LogP contribution in [0.1, 0.15) is 61.3 Å². The van der Waals surface area contributed by atoms with Crippen LogP contribution in [0.15, 0.2) is 18.2 Å². The number of carbonyl (C=O) groups is 4. The lowest BCUT2D eigenvalue weighted by Gasteiger charge is -2.41. The number of fused-ring (bicyclic) bond motifs is 1. The lowest BCUT2D eigenvalue weighted by atomic mass is 9.88. The van der Waals surface area contributed by atoms with Crippen LogP contribution < -0.4 is 14.5 Å². The zero-order chi connectivity index (χ0) is 30.0. The van der Waals surface area contributed by atoms with Crippen LogP contribution in [0.2, 0.25) is 0 Å². The highest BCUT2D eigenvalue weighted by atomic mass is 16.6. The first kappa shape index (κ1) is 31.2. The average Bonchev–Trinajstić information content (AvgIpc) is 2.85. The molecule has 0 unspecified atom stereocenters. The number of aliphatic carboxylic acids is 1. The van der Waals surface area contributed by atoms with Crippen LogP contribution in [0.5, 0.6) is 5.75 Å². The van der Waals surface area contributed by atoms with Gasteiger partial charge in [0.1, 0.15) is 11.4 Å². The van der Waals surface area contributed by atoms with E-state index in [9.17, 15) is 24.3 Å². The molecule has 0 aliphatic carbocycles. The van der Waals surface area contributed by atoms with E-state index < -0.39 is 35.1 Å². The summed E-state index contributed by atoms with van der Waals surface area (Å²) in [6, 6.07) is 4.98. The molecule has 3 rings (SSSR count). The molecule has 0 saturated carbocycles. The fraction of sp³-hybridized carbons (Fsp3) is 0.655. The topological polar surface area (TPSA) is 126 Å². The van der Waals surface area contributed by atoms with Crippen LogP contribution in [-0.4, -0.2) is 84.5 Å². The molecular formula is C29H43N3O8. The van der Waals surface area contributed by atoms with Crippen LogP contribution in [0.25, 0.3) is 0 Å². The number of carboxylic acids is 1. The van der Waals surface area contributed by atoms with Gasteiger partial charge in [0.05, 0.1) is 17.5 Å². The quantitative estimate of drug-likeness (QED) is 0.474. The van der Waals surface area contributed by atoms with Crippen LogP contribution >= 0.6 is 0 Å². The Morgan fingerprint density at radius 2 is 1.82 bits per heavy atom. The second-order valence-electron chi connectivity index (χ2n) is 12.2. The van der Waals surface area contributed by atoms with Gasteiger partial charge in [0.2, 0.25) is 5.91 Å². The number of carbonyl (C=O) groups excluding carboxylic acids is 3. The Balaban J connectivity index is 1.95. The minimum atomic E-state index is -1.07. The van der Waals surface area contributed by atoms with Crippen LogP contribution in [0, 0.1) is 11.8 Å². The van der Waals surface area contributed by atoms with Gasteiger partial charge in [-0.15, -0.1) is 0 Å². The van der Waals surface area contributed by atoms with Crippen molar-refractivity contribution in [2.24, 2.45) is 11.8 Å². The van der Waals surface area contributed by atoms with E-state index in [4.69, 9.17) is 14.2 Å². The van der Waals surface area contributed by atoms with Gasteiger partial charge >= 0.3 is 12.1 Å². The average molecular weight is 562 g/mol. The summed E-state index contributed by atoms with van der Waals surface area (Å²) < 4.78 is 16.7. The van der Waals surface area contributed by atoms with E-state index in [1.165, 1.54) is 4.90 Å². The van der Waals surface area contributed by atoms with E-state index in [2.05, 4.69) is 0 Å². The maximum absolute atomic E-state index is 14.0. The first-order valence-electron chi connectivity index (χ1n) is 13.7. The number of rotatable bonds is 8. The van der Waals surface area contributed by atoms with Crippen molar-refractivity contribution in [3.05, 3.63) is 18.2 Å². The van der Waals surface area contributed by atoms with E-state index in [1.807, 2.05) is 13.8 Å². The number of methoxy groups -OCH3 is 1. The number of anilines is 2. The molecule has 0 bridgehead atoms. The van der Waals surface area contributed by atoms with Crippen LogP contribution in [0.4, 0.5) is 16.2 Å². The highest BCUT2D eigenvalue weighted by molar-refractivity contribution is 6.04. The van der Waals surface area contributed by atoms with Crippen molar-refractivity contribution < 1.29 is 38.5 Å². The summed E-state index contributed by atoms with van der Waals surface area (Å²) in [7, 11) is 1.60. The molecule has 0 radical (unpaired) electrons. The molecular weight excluding hydrogens is 518 g/mol. The first-order chi connectivity index (χ1) is 18.6. The summed E-state index contributed by atoms with van der Waals surface area (Å²) in [5, 5.41) is 9.79. The summed E-state index contributed by atoms with van der Waals surface area (Å²) in [5.41, 5.74) is -0.705. The molecule has 2 aliphatic rings. The number of amides is 3. The van der Waals surface area contributed by atoms with E-state index in [1.54, 1.807) is 69.7 Å². The molecule has 0 spiro atoms. The van der Waals surface area contributed by atoms with Crippen molar-refractivity contribution in [2.45, 2.75) is 78.6 Å². The first-order valence-corrected chi connectivity index (χ1v) is 13.7. The largest absolute Gasteiger partial charge is 0.481 e. The fourth-order valence-electron chi connectivity index (χ4n) is 5.10. The lowest BCUT2D eigenvalue weighted by Crippen LogP contribution is -2.53. The third-order valence-electron chi connectivity index (χ3n) is 6.92. The van der Waals surface area contributed by atoms with Gasteiger partial charge in [-0.1, -0.05) is 0 Å². The molecule has 222 valence electrons. The molecule has 1 saturated heterocycles. The summed E-state index contributed by atoms with van der Waals surface area (Å²) in [6.07, 6.45) is 0.0697. The number of hydrogen-bond donors (Lipinski definition) is 1. The normalized spacial score (nSPS) is 20.6. The molecule has 2 aliphatic heterocycles. The second kappa shape index (κ2) is 12.0. The predicted octanol–water partition coefficient (Wildman–Crippen LogP) is 3.93. The van der Waals surface area contributed by atoms with Gasteiger partial charge in [-0.2, -0.15) is 0 Å². The zero-order valence-electron chi connectivity index (χ0n) is 24.9. The van der Waals surface area contributed by atoms with Gasteiger partial charge in [-0.25, -0.2) is 4.79 Å². The van der Waals surface area contributed by atoms with Crippen molar-refractivity contribution in [3.63, 3.8) is 0 Å². The van der Waals surface area contributed by atoms with E-state index in [0.29, 0.717) is 36.7 Å². The standard InChI is InChI=1S/C29H43N3O8/c1-18(2)32(24(33)19-14-20(25(34)35)17-30(16-19)27(37)40-28(3,4)5)21-10-11-23-22(15-21)31(12-9-13-38-8)26(36)29(6,7)39-23/h10-11,15,18-20H,9,12-14,16-17H2,1-8H3,(H,34,35)/t19-,20+/m1/s1. The van der Waals surface area contributed by atoms with Crippen molar-refractivity contribution in [1.29, 1.82) is 0 Å². The van der Waals surface area contributed by atoms with E-state index in [0.717, 1.165) is 0 Å². The number of likely N-dealkylation sites (tertiary alicyclic amines) is 1. The third kappa shape index (κ3) is 7.04. The Morgan fingerprint density at radius 1 is 1.18 bits per heavy atom. The van der Waals surface area contributed by atoms with Gasteiger partial charge in [0.15, 0.2) is 5.60 Å². The maximum atomic E-state index is 14.0. The Bertz CT molecular complexity index is 1130. The number of carboxylic acid groups (broad SMARTS) is 1. The smallest absolute Gasteiger partial charge is 0.410 e. The molecule has 0 aromatic heterocycles. The van der Waals surface area contributed by atoms with Gasteiger partial charge in [-0.05, 0) is 79.5 Å². The van der Waals surface area contributed by atoms with Crippen molar-refractivity contribution in [2.75, 3.05) is 43.2 Å². The number of nitrogens with zero attached hydrogens (tertiary/aromatic N) is 3. The highest BCUT2D eigenvalue weighted by Crippen LogP contribution is 2.41. The van der Waals surface area contributed by atoms with Crippen LogP contribution in [0.3, 0.4) is 0 Å². The number of hydrogen-bond acceptors (Lipinski definition) is 7. The molecule has 2 heterocycles. The SMILES string of the molecule is COCCCN1C(=O)C(C)(C)Oc2ccc(N(C(=O)[C@@H]3C[C@H](C(=O)O)CN(C(=O)OC(C)(C)C)C3)C(C)C)cc21. The predicted molar refractivity (Wildman–Crippen MR) is 150 cm³/mol. The summed E-state index contributed by atoms with van der Waals surface area (Å²) in [5.74, 6) is -2.70. The Morgan fingerprint density at radius 3 is 2.40 bits per heavy atom. The fourth-order valence-corrected chi connectivity index (χ4v) is 5.10. The molecule has 1 aromatic rings. The summed E-state index contributed by atoms with van der Waals surface area (Å²) in [4.78, 5) is 56.7. The Hall–Kier alpha value is -3.34. The number of ether oxygens (including phenoxy) is 3. The number of piperidine rings is 1. The monoisotopic (exact) mass is 561 g/mol. The highest BCUT2D eigenvalue weighted by Gasteiger charge is 2.43. The van der Waals surface area contributed by atoms with Crippen molar-refractivity contribution in [3.8, 4) is 5.75 Å². The molecule has 1 aromatic carbocycles. The minimum Gasteiger partial charge on any atom is -0.481 e. The lowest BCUT2D eigenvalue weighted by molar-refractivity contribution is -0.145. The Kier molecular flexibility index (Phi) is 9.39. The Labute approximate surface area is 236 Å². The molecule has 11 heteroatoms. The molecule has 3 amide bonds. The van der Waals surface area contributed by atoms with Crippen LogP contribution in [-0.2, 0) is 23.9 Å². The van der Waals surface area contributed by atoms with Gasteiger partial charge in [-0.3, -0.25) is 14.4 Å². The molecule has 11 nitrogen and oxygen atoms in total. The third-order valence-corrected chi connectivity index (χ3v) is 6.92.